The van der Waals surface area contributed by atoms with Crippen molar-refractivity contribution < 1.29 is 28.5 Å². The third-order valence-corrected chi connectivity index (χ3v) is 2.92. The molecular formula is C15H18O6. The van der Waals surface area contributed by atoms with E-state index in [9.17, 15) is 9.59 Å². The zero-order valence-electron chi connectivity index (χ0n) is 12.0. The average molecular weight is 294 g/mol. The van der Waals surface area contributed by atoms with Gasteiger partial charge in [-0.2, -0.15) is 0 Å². The predicted octanol–water partition coefficient (Wildman–Crippen LogP) is 1.60. The number of benzene rings is 1. The monoisotopic (exact) mass is 294 g/mol. The van der Waals surface area contributed by atoms with Crippen molar-refractivity contribution in [3.05, 3.63) is 35.9 Å². The third kappa shape index (κ3) is 3.59. The molecule has 1 aliphatic heterocycles. The minimum atomic E-state index is -1.12. The van der Waals surface area contributed by atoms with Gasteiger partial charge in [0.1, 0.15) is 0 Å². The minimum Gasteiger partial charge on any atom is -0.464 e. The van der Waals surface area contributed by atoms with Crippen LogP contribution in [0.5, 0.6) is 0 Å². The molecule has 6 nitrogen and oxygen atoms in total. The Morgan fingerprint density at radius 3 is 1.86 bits per heavy atom. The number of rotatable bonds is 5. The predicted molar refractivity (Wildman–Crippen MR) is 72.2 cm³/mol. The Bertz CT molecular complexity index is 460. The highest BCUT2D eigenvalue weighted by Gasteiger charge is 2.47. The molecule has 0 aromatic heterocycles. The Kier molecular flexibility index (Phi) is 5.30. The van der Waals surface area contributed by atoms with Gasteiger partial charge in [-0.25, -0.2) is 9.59 Å². The molecule has 0 aliphatic carbocycles. The second-order valence-corrected chi connectivity index (χ2v) is 4.36. The average Bonchev–Trinajstić information content (AvgIpc) is 2.94. The van der Waals surface area contributed by atoms with E-state index in [1.54, 1.807) is 26.0 Å². The van der Waals surface area contributed by atoms with E-state index in [1.165, 1.54) is 0 Å². The fourth-order valence-corrected chi connectivity index (χ4v) is 2.02. The number of hydrogen-bond acceptors (Lipinski definition) is 6. The molecule has 1 saturated heterocycles. The first-order chi connectivity index (χ1) is 10.2. The molecule has 0 N–H and O–H groups in total. The van der Waals surface area contributed by atoms with E-state index in [0.717, 1.165) is 5.56 Å². The normalized spacial score (nSPS) is 24.6. The quantitative estimate of drug-likeness (QED) is 0.768. The number of ether oxygens (including phenoxy) is 4. The molecule has 3 atom stereocenters. The van der Waals surface area contributed by atoms with Gasteiger partial charge in [-0.3, -0.25) is 0 Å². The first-order valence-electron chi connectivity index (χ1n) is 6.86. The molecule has 0 saturated carbocycles. The van der Waals surface area contributed by atoms with E-state index in [1.807, 2.05) is 18.2 Å². The van der Waals surface area contributed by atoms with E-state index < -0.39 is 30.4 Å². The van der Waals surface area contributed by atoms with E-state index >= 15 is 0 Å². The summed E-state index contributed by atoms with van der Waals surface area (Å²) in [7, 11) is 0. The van der Waals surface area contributed by atoms with Crippen molar-refractivity contribution in [2.75, 3.05) is 13.2 Å². The SMILES string of the molecule is CCOC(=O)[C@H]1OC(c2ccccc2)O[C@H]1C(=O)OCC. The number of carbonyl (C=O) groups excluding carboxylic acids is 2. The van der Waals surface area contributed by atoms with E-state index in [0.29, 0.717) is 0 Å². The van der Waals surface area contributed by atoms with Gasteiger partial charge >= 0.3 is 11.9 Å². The maximum atomic E-state index is 11.9. The van der Waals surface area contributed by atoms with Crippen LogP contribution >= 0.6 is 0 Å². The van der Waals surface area contributed by atoms with Crippen molar-refractivity contribution in [1.29, 1.82) is 0 Å². The van der Waals surface area contributed by atoms with Crippen LogP contribution < -0.4 is 0 Å². The molecule has 0 bridgehead atoms. The minimum absolute atomic E-state index is 0.199. The van der Waals surface area contributed by atoms with Crippen LogP contribution in [0.15, 0.2) is 30.3 Å². The van der Waals surface area contributed by atoms with Crippen molar-refractivity contribution >= 4 is 11.9 Å². The maximum absolute atomic E-state index is 11.9. The first-order valence-corrected chi connectivity index (χ1v) is 6.86. The molecule has 0 amide bonds. The van der Waals surface area contributed by atoms with Crippen LogP contribution in [0.3, 0.4) is 0 Å². The van der Waals surface area contributed by atoms with Crippen LogP contribution in [0.25, 0.3) is 0 Å². The molecule has 0 spiro atoms. The lowest BCUT2D eigenvalue weighted by Gasteiger charge is -2.13. The summed E-state index contributed by atoms with van der Waals surface area (Å²) in [5, 5.41) is 0. The molecule has 1 unspecified atom stereocenters. The van der Waals surface area contributed by atoms with Crippen molar-refractivity contribution in [1.82, 2.24) is 0 Å². The van der Waals surface area contributed by atoms with E-state index in [-0.39, 0.29) is 13.2 Å². The zero-order valence-corrected chi connectivity index (χ0v) is 12.0. The molecule has 1 aromatic carbocycles. The largest absolute Gasteiger partial charge is 0.464 e. The second-order valence-electron chi connectivity index (χ2n) is 4.36. The highest BCUT2D eigenvalue weighted by Crippen LogP contribution is 2.32. The summed E-state index contributed by atoms with van der Waals surface area (Å²) >= 11 is 0. The van der Waals surface area contributed by atoms with E-state index in [2.05, 4.69) is 0 Å². The van der Waals surface area contributed by atoms with Gasteiger partial charge in [0.05, 0.1) is 13.2 Å². The maximum Gasteiger partial charge on any atom is 0.338 e. The molecule has 0 radical (unpaired) electrons. The molecule has 1 aliphatic rings. The molecular weight excluding hydrogens is 276 g/mol. The standard InChI is InChI=1S/C15H18O6/c1-3-18-13(16)11-12(14(17)19-4-2)21-15(20-11)10-8-6-5-7-9-10/h5-9,11-12,15H,3-4H2,1-2H3/t11-,12+,15?. The molecule has 1 fully saturated rings. The summed E-state index contributed by atoms with van der Waals surface area (Å²) in [5.74, 6) is -1.26. The van der Waals surface area contributed by atoms with Gasteiger partial charge in [-0.15, -0.1) is 0 Å². The Morgan fingerprint density at radius 1 is 0.952 bits per heavy atom. The Labute approximate surface area is 122 Å². The zero-order chi connectivity index (χ0) is 15.2. The number of hydrogen-bond donors (Lipinski definition) is 0. The van der Waals surface area contributed by atoms with Gasteiger partial charge in [0, 0.05) is 5.56 Å². The van der Waals surface area contributed by atoms with Crippen molar-refractivity contribution in [3.63, 3.8) is 0 Å². The lowest BCUT2D eigenvalue weighted by atomic mass is 10.2. The van der Waals surface area contributed by atoms with Crippen LogP contribution in [0.4, 0.5) is 0 Å². The highest BCUT2D eigenvalue weighted by molar-refractivity contribution is 5.86. The Morgan fingerprint density at radius 2 is 1.43 bits per heavy atom. The van der Waals surface area contributed by atoms with Gasteiger partial charge in [-0.1, -0.05) is 30.3 Å². The lowest BCUT2D eigenvalue weighted by Crippen LogP contribution is -2.39. The summed E-state index contributed by atoms with van der Waals surface area (Å²) < 4.78 is 20.9. The summed E-state index contributed by atoms with van der Waals surface area (Å²) in [4.78, 5) is 23.8. The van der Waals surface area contributed by atoms with Crippen LogP contribution in [-0.4, -0.2) is 37.4 Å². The van der Waals surface area contributed by atoms with Gasteiger partial charge < -0.3 is 18.9 Å². The van der Waals surface area contributed by atoms with Crippen LogP contribution in [-0.2, 0) is 28.5 Å². The fourth-order valence-electron chi connectivity index (χ4n) is 2.02. The first kappa shape index (κ1) is 15.5. The summed E-state index contributed by atoms with van der Waals surface area (Å²) in [6, 6.07) is 9.07. The fraction of sp³-hybridized carbons (Fsp3) is 0.467. The Balaban J connectivity index is 2.16. The van der Waals surface area contributed by atoms with Gasteiger partial charge in [0.2, 0.25) is 0 Å². The summed E-state index contributed by atoms with van der Waals surface area (Å²) in [5.41, 5.74) is 0.721. The summed E-state index contributed by atoms with van der Waals surface area (Å²) in [6.45, 7) is 3.76. The Hall–Kier alpha value is -1.92. The molecule has 6 heteroatoms. The molecule has 1 aromatic rings. The van der Waals surface area contributed by atoms with Gasteiger partial charge in [-0.05, 0) is 13.8 Å². The molecule has 2 rings (SSSR count). The van der Waals surface area contributed by atoms with Crippen molar-refractivity contribution in [3.8, 4) is 0 Å². The number of carbonyl (C=O) groups is 2. The van der Waals surface area contributed by atoms with Crippen LogP contribution in [0, 0.1) is 0 Å². The third-order valence-electron chi connectivity index (χ3n) is 2.92. The number of esters is 2. The van der Waals surface area contributed by atoms with Crippen molar-refractivity contribution in [2.45, 2.75) is 32.3 Å². The lowest BCUT2D eigenvalue weighted by molar-refractivity contribution is -0.163. The van der Waals surface area contributed by atoms with Gasteiger partial charge in [0.15, 0.2) is 18.5 Å². The topological polar surface area (TPSA) is 71.1 Å². The summed E-state index contributed by atoms with van der Waals surface area (Å²) in [6.07, 6.45) is -3.03. The van der Waals surface area contributed by atoms with Crippen molar-refractivity contribution in [2.24, 2.45) is 0 Å². The smallest absolute Gasteiger partial charge is 0.338 e. The van der Waals surface area contributed by atoms with Crippen LogP contribution in [0.2, 0.25) is 0 Å². The molecule has 1 heterocycles. The molecule has 21 heavy (non-hydrogen) atoms. The van der Waals surface area contributed by atoms with E-state index in [4.69, 9.17) is 18.9 Å². The van der Waals surface area contributed by atoms with Crippen LogP contribution in [0.1, 0.15) is 25.7 Å². The highest BCUT2D eigenvalue weighted by atomic mass is 16.8. The van der Waals surface area contributed by atoms with Gasteiger partial charge in [0.25, 0.3) is 0 Å². The second kappa shape index (κ2) is 7.19. The molecule has 114 valence electrons.